The number of aromatic nitrogens is 3. The summed E-state index contributed by atoms with van der Waals surface area (Å²) in [6.07, 6.45) is 4.90. The first-order chi connectivity index (χ1) is 13.2. The predicted molar refractivity (Wildman–Crippen MR) is 115 cm³/mol. The summed E-state index contributed by atoms with van der Waals surface area (Å²) in [4.78, 5) is 9.24. The second-order valence-electron chi connectivity index (χ2n) is 6.47. The Bertz CT molecular complexity index is 1060. The molecule has 4 rings (SSSR count). The van der Waals surface area contributed by atoms with Crippen molar-refractivity contribution in [3.05, 3.63) is 72.1 Å². The summed E-state index contributed by atoms with van der Waals surface area (Å²) in [6, 6.07) is 18.3. The fourth-order valence-corrected chi connectivity index (χ4v) is 4.13. The lowest BCUT2D eigenvalue weighted by Crippen LogP contribution is -1.97. The maximum Gasteiger partial charge on any atom is 0.149 e. The van der Waals surface area contributed by atoms with Crippen molar-refractivity contribution >= 4 is 34.4 Å². The highest BCUT2D eigenvalue weighted by Crippen LogP contribution is 2.38. The van der Waals surface area contributed by atoms with Crippen molar-refractivity contribution in [2.45, 2.75) is 30.5 Å². The highest BCUT2D eigenvalue weighted by atomic mass is 35.5. The molecule has 0 unspecified atom stereocenters. The van der Waals surface area contributed by atoms with Crippen LogP contribution in [0.3, 0.4) is 0 Å². The summed E-state index contributed by atoms with van der Waals surface area (Å²) in [5.74, 6) is 0. The molecular formula is C22H20ClN3S. The highest BCUT2D eigenvalue weighted by Gasteiger charge is 2.18. The first-order valence-corrected chi connectivity index (χ1v) is 10.3. The zero-order valence-electron chi connectivity index (χ0n) is 15.3. The van der Waals surface area contributed by atoms with Crippen LogP contribution in [0, 0.1) is 0 Å². The lowest BCUT2D eigenvalue weighted by Gasteiger charge is -2.10. The summed E-state index contributed by atoms with van der Waals surface area (Å²) in [6.45, 7) is 4.43. The van der Waals surface area contributed by atoms with Crippen molar-refractivity contribution in [2.24, 2.45) is 0 Å². The van der Waals surface area contributed by atoms with Gasteiger partial charge in [-0.3, -0.25) is 0 Å². The molecular weight excluding hydrogens is 374 g/mol. The van der Waals surface area contributed by atoms with Crippen LogP contribution in [0.5, 0.6) is 0 Å². The van der Waals surface area contributed by atoms with E-state index in [4.69, 9.17) is 11.6 Å². The van der Waals surface area contributed by atoms with E-state index in [1.807, 2.05) is 42.1 Å². The average molecular weight is 394 g/mol. The van der Waals surface area contributed by atoms with E-state index in [0.717, 1.165) is 44.3 Å². The Hall–Kier alpha value is -2.30. The number of nitrogens with zero attached hydrogens (tertiary/aromatic N) is 3. The first-order valence-electron chi connectivity index (χ1n) is 9.01. The molecule has 0 aliphatic rings. The van der Waals surface area contributed by atoms with Crippen LogP contribution in [-0.4, -0.2) is 19.8 Å². The normalized spacial score (nSPS) is 12.4. The monoisotopic (exact) mass is 393 g/mol. The maximum atomic E-state index is 6.08. The molecule has 0 radical (unpaired) electrons. The van der Waals surface area contributed by atoms with Crippen LogP contribution in [0.25, 0.3) is 27.8 Å². The second kappa shape index (κ2) is 7.75. The third-order valence-electron chi connectivity index (χ3n) is 4.63. The van der Waals surface area contributed by atoms with Gasteiger partial charge < -0.3 is 4.57 Å². The molecule has 0 fully saturated rings. The molecule has 2 aromatic carbocycles. The quantitative estimate of drug-likeness (QED) is 0.281. The van der Waals surface area contributed by atoms with E-state index in [9.17, 15) is 0 Å². The van der Waals surface area contributed by atoms with Gasteiger partial charge in [0.15, 0.2) is 0 Å². The van der Waals surface area contributed by atoms with Crippen molar-refractivity contribution < 1.29 is 0 Å². The Labute approximate surface area is 168 Å². The van der Waals surface area contributed by atoms with Gasteiger partial charge >= 0.3 is 0 Å². The van der Waals surface area contributed by atoms with Gasteiger partial charge in [0, 0.05) is 27.7 Å². The molecule has 0 N–H and O–H groups in total. The average Bonchev–Trinajstić information content (AvgIpc) is 3.10. The van der Waals surface area contributed by atoms with Crippen LogP contribution in [0.1, 0.15) is 20.3 Å². The minimum atomic E-state index is 0.491. The lowest BCUT2D eigenvalue weighted by molar-refractivity contribution is 0.901. The van der Waals surface area contributed by atoms with E-state index < -0.39 is 0 Å². The van der Waals surface area contributed by atoms with Crippen molar-refractivity contribution in [2.75, 3.05) is 0 Å². The predicted octanol–water partition coefficient (Wildman–Crippen LogP) is 6.63. The minimum absolute atomic E-state index is 0.491. The van der Waals surface area contributed by atoms with Gasteiger partial charge in [-0.15, -0.1) is 11.8 Å². The fraction of sp³-hybridized carbons (Fsp3) is 0.182. The van der Waals surface area contributed by atoms with E-state index in [0.29, 0.717) is 5.25 Å². The number of halogens is 1. The van der Waals surface area contributed by atoms with Crippen LogP contribution in [0.2, 0.25) is 5.02 Å². The Morgan fingerprint density at radius 1 is 1.04 bits per heavy atom. The number of hydrogen-bond acceptors (Lipinski definition) is 3. The zero-order chi connectivity index (χ0) is 18.8. The molecule has 2 heterocycles. The molecule has 1 atom stereocenters. The first kappa shape index (κ1) is 18.1. The van der Waals surface area contributed by atoms with Crippen LogP contribution in [0.15, 0.2) is 72.1 Å². The standard InChI is InChI=1S/C22H20ClN3S/c1-3-15(2)27-22-20-19(16-7-5-4-6-8-16)13-26(21(20)24-14-25-22)18-11-9-17(23)10-12-18/h4-15H,3H2,1-2H3/t15-/m0/s1. The minimum Gasteiger partial charge on any atom is -0.301 e. The smallest absolute Gasteiger partial charge is 0.149 e. The molecule has 136 valence electrons. The molecule has 0 spiro atoms. The number of fused-ring (bicyclic) bond motifs is 1. The van der Waals surface area contributed by atoms with E-state index in [1.54, 1.807) is 6.33 Å². The Morgan fingerprint density at radius 2 is 1.78 bits per heavy atom. The number of hydrogen-bond donors (Lipinski definition) is 0. The fourth-order valence-electron chi connectivity index (χ4n) is 3.03. The third-order valence-corrected chi connectivity index (χ3v) is 6.15. The third kappa shape index (κ3) is 3.60. The van der Waals surface area contributed by atoms with Crippen molar-refractivity contribution in [1.82, 2.24) is 14.5 Å². The summed E-state index contributed by atoms with van der Waals surface area (Å²) >= 11 is 7.89. The molecule has 0 bridgehead atoms. The summed E-state index contributed by atoms with van der Waals surface area (Å²) in [5.41, 5.74) is 4.25. The molecule has 5 heteroatoms. The van der Waals surface area contributed by atoms with E-state index in [2.05, 4.69) is 58.8 Å². The summed E-state index contributed by atoms with van der Waals surface area (Å²) in [7, 11) is 0. The van der Waals surface area contributed by atoms with Crippen LogP contribution >= 0.6 is 23.4 Å². The van der Waals surface area contributed by atoms with Crippen molar-refractivity contribution in [3.8, 4) is 16.8 Å². The SMILES string of the molecule is CC[C@H](C)Sc1ncnc2c1c(-c1ccccc1)cn2-c1ccc(Cl)cc1. The molecule has 3 nitrogen and oxygen atoms in total. The van der Waals surface area contributed by atoms with Gasteiger partial charge in [-0.2, -0.15) is 0 Å². The van der Waals surface area contributed by atoms with E-state index >= 15 is 0 Å². The molecule has 2 aromatic heterocycles. The second-order valence-corrected chi connectivity index (χ2v) is 8.33. The number of thioether (sulfide) groups is 1. The zero-order valence-corrected chi connectivity index (χ0v) is 16.8. The summed E-state index contributed by atoms with van der Waals surface area (Å²) < 4.78 is 2.12. The van der Waals surface area contributed by atoms with Crippen LogP contribution in [-0.2, 0) is 0 Å². The van der Waals surface area contributed by atoms with Gasteiger partial charge in [-0.25, -0.2) is 9.97 Å². The largest absolute Gasteiger partial charge is 0.301 e. The van der Waals surface area contributed by atoms with Gasteiger partial charge in [0.1, 0.15) is 17.0 Å². The number of rotatable bonds is 5. The highest BCUT2D eigenvalue weighted by molar-refractivity contribution is 8.00. The maximum absolute atomic E-state index is 6.08. The molecule has 0 saturated carbocycles. The molecule has 0 saturated heterocycles. The van der Waals surface area contributed by atoms with Gasteiger partial charge in [-0.05, 0) is 36.2 Å². The van der Waals surface area contributed by atoms with Gasteiger partial charge in [0.05, 0.1) is 5.39 Å². The molecule has 4 aromatic rings. The van der Waals surface area contributed by atoms with Crippen molar-refractivity contribution in [3.63, 3.8) is 0 Å². The Morgan fingerprint density at radius 3 is 2.48 bits per heavy atom. The van der Waals surface area contributed by atoms with Crippen LogP contribution < -0.4 is 0 Å². The van der Waals surface area contributed by atoms with E-state index in [1.165, 1.54) is 0 Å². The van der Waals surface area contributed by atoms with Gasteiger partial charge in [0.2, 0.25) is 0 Å². The molecule has 27 heavy (non-hydrogen) atoms. The van der Waals surface area contributed by atoms with Crippen LogP contribution in [0.4, 0.5) is 0 Å². The Kier molecular flexibility index (Phi) is 5.19. The molecule has 0 amide bonds. The Balaban J connectivity index is 1.98. The molecule has 0 aliphatic carbocycles. The van der Waals surface area contributed by atoms with Gasteiger partial charge in [0.25, 0.3) is 0 Å². The van der Waals surface area contributed by atoms with Gasteiger partial charge in [-0.1, -0.05) is 55.8 Å². The van der Waals surface area contributed by atoms with E-state index in [-0.39, 0.29) is 0 Å². The summed E-state index contributed by atoms with van der Waals surface area (Å²) in [5, 5.41) is 3.34. The lowest BCUT2D eigenvalue weighted by atomic mass is 10.1. The molecule has 0 aliphatic heterocycles. The van der Waals surface area contributed by atoms with Crippen molar-refractivity contribution in [1.29, 1.82) is 0 Å². The topological polar surface area (TPSA) is 30.7 Å². The number of benzene rings is 2.